The maximum atomic E-state index is 13.1. The fourth-order valence-corrected chi connectivity index (χ4v) is 5.80. The predicted molar refractivity (Wildman–Crippen MR) is 115 cm³/mol. The fourth-order valence-electron chi connectivity index (χ4n) is 4.24. The molecule has 2 aliphatic heterocycles. The summed E-state index contributed by atoms with van der Waals surface area (Å²) in [5.74, 6) is 0.144. The largest absolute Gasteiger partial charge is 0.467 e. The van der Waals surface area contributed by atoms with Gasteiger partial charge in [-0.2, -0.15) is 4.31 Å². The van der Waals surface area contributed by atoms with Crippen LogP contribution in [0, 0.1) is 0 Å². The fraction of sp³-hybridized carbons (Fsp3) is 0.455. The molecular weight excluding hydrogens is 418 g/mol. The molecule has 0 spiro atoms. The van der Waals surface area contributed by atoms with E-state index in [1.807, 2.05) is 0 Å². The number of anilines is 1. The summed E-state index contributed by atoms with van der Waals surface area (Å²) in [6, 6.07) is 7.60. The molecule has 0 bridgehead atoms. The topological polar surface area (TPSA) is 99.9 Å². The van der Waals surface area contributed by atoms with Gasteiger partial charge in [0.2, 0.25) is 21.8 Å². The van der Waals surface area contributed by atoms with E-state index in [1.54, 1.807) is 37.3 Å². The van der Waals surface area contributed by atoms with E-state index < -0.39 is 16.1 Å². The average Bonchev–Trinajstić information content (AvgIpc) is 3.44. The highest BCUT2D eigenvalue weighted by Crippen LogP contribution is 2.35. The number of hydrogen-bond acceptors (Lipinski definition) is 5. The number of hydrogen-bond donors (Lipinski definition) is 1. The normalized spacial score (nSPS) is 19.3. The second-order valence-electron chi connectivity index (χ2n) is 7.89. The summed E-state index contributed by atoms with van der Waals surface area (Å²) < 4.78 is 32.9. The Morgan fingerprint density at radius 1 is 1.16 bits per heavy atom. The number of nitrogens with one attached hydrogen (secondary N) is 1. The first kappa shape index (κ1) is 21.6. The van der Waals surface area contributed by atoms with Gasteiger partial charge in [0.25, 0.3) is 0 Å². The van der Waals surface area contributed by atoms with Crippen LogP contribution in [-0.4, -0.2) is 43.7 Å². The minimum absolute atomic E-state index is 0.177. The van der Waals surface area contributed by atoms with E-state index in [0.29, 0.717) is 30.1 Å². The average molecular weight is 446 g/mol. The Kier molecular flexibility index (Phi) is 6.15. The van der Waals surface area contributed by atoms with Gasteiger partial charge in [0.15, 0.2) is 0 Å². The third kappa shape index (κ3) is 4.24. The lowest BCUT2D eigenvalue weighted by Gasteiger charge is -2.26. The van der Waals surface area contributed by atoms with E-state index >= 15 is 0 Å². The predicted octanol–water partition coefficient (Wildman–Crippen LogP) is 2.44. The number of sulfonamides is 1. The zero-order chi connectivity index (χ0) is 22.0. The number of piperidine rings is 1. The smallest absolute Gasteiger partial charge is 0.243 e. The second kappa shape index (κ2) is 8.84. The molecular formula is C22H27N3O5S. The number of carbonyl (C=O) groups excluding carboxylic acids is 2. The van der Waals surface area contributed by atoms with Crippen molar-refractivity contribution in [2.45, 2.75) is 56.5 Å². The molecule has 1 fully saturated rings. The van der Waals surface area contributed by atoms with Gasteiger partial charge in [-0.25, -0.2) is 8.42 Å². The second-order valence-corrected chi connectivity index (χ2v) is 9.83. The van der Waals surface area contributed by atoms with Gasteiger partial charge in [-0.15, -0.1) is 0 Å². The summed E-state index contributed by atoms with van der Waals surface area (Å²) in [6.07, 6.45) is 4.81. The Bertz CT molecular complexity index is 1060. The van der Waals surface area contributed by atoms with Crippen molar-refractivity contribution in [1.29, 1.82) is 0 Å². The number of benzene rings is 1. The van der Waals surface area contributed by atoms with Gasteiger partial charge < -0.3 is 9.73 Å². The molecule has 1 aromatic heterocycles. The molecule has 1 aromatic carbocycles. The lowest BCUT2D eigenvalue weighted by atomic mass is 10.1. The van der Waals surface area contributed by atoms with Gasteiger partial charge in [0.1, 0.15) is 11.8 Å². The van der Waals surface area contributed by atoms with Crippen molar-refractivity contribution in [1.82, 2.24) is 9.62 Å². The number of furan rings is 1. The number of nitrogens with zero attached hydrogens (tertiary/aromatic N) is 2. The Morgan fingerprint density at radius 3 is 2.61 bits per heavy atom. The van der Waals surface area contributed by atoms with E-state index in [2.05, 4.69) is 5.32 Å². The molecule has 166 valence electrons. The van der Waals surface area contributed by atoms with Crippen molar-refractivity contribution in [3.8, 4) is 0 Å². The summed E-state index contributed by atoms with van der Waals surface area (Å²) in [6.45, 7) is 3.02. The lowest BCUT2D eigenvalue weighted by Crippen LogP contribution is -2.47. The molecule has 1 unspecified atom stereocenters. The quantitative estimate of drug-likeness (QED) is 0.736. The van der Waals surface area contributed by atoms with Crippen molar-refractivity contribution in [3.63, 3.8) is 0 Å². The van der Waals surface area contributed by atoms with Crippen molar-refractivity contribution < 1.29 is 22.4 Å². The maximum absolute atomic E-state index is 13.1. The van der Waals surface area contributed by atoms with Crippen LogP contribution in [0.15, 0.2) is 45.9 Å². The molecule has 0 aliphatic carbocycles. The van der Waals surface area contributed by atoms with Gasteiger partial charge in [0.05, 0.1) is 17.7 Å². The zero-order valence-corrected chi connectivity index (χ0v) is 18.4. The molecule has 0 radical (unpaired) electrons. The van der Waals surface area contributed by atoms with Crippen LogP contribution >= 0.6 is 0 Å². The molecule has 2 aliphatic rings. The van der Waals surface area contributed by atoms with Crippen LogP contribution in [0.1, 0.15) is 43.9 Å². The maximum Gasteiger partial charge on any atom is 0.243 e. The molecule has 1 saturated heterocycles. The first-order chi connectivity index (χ1) is 14.9. The highest BCUT2D eigenvalue weighted by atomic mass is 32.2. The van der Waals surface area contributed by atoms with E-state index in [0.717, 1.165) is 19.3 Å². The summed E-state index contributed by atoms with van der Waals surface area (Å²) in [4.78, 5) is 27.3. The van der Waals surface area contributed by atoms with Crippen molar-refractivity contribution in [2.75, 3.05) is 18.0 Å². The molecule has 4 rings (SSSR count). The van der Waals surface area contributed by atoms with Crippen LogP contribution in [0.25, 0.3) is 0 Å². The van der Waals surface area contributed by atoms with Crippen molar-refractivity contribution >= 4 is 27.5 Å². The zero-order valence-electron chi connectivity index (χ0n) is 17.5. The highest BCUT2D eigenvalue weighted by molar-refractivity contribution is 7.89. The third-order valence-corrected chi connectivity index (χ3v) is 7.77. The summed E-state index contributed by atoms with van der Waals surface area (Å²) in [7, 11) is -3.59. The van der Waals surface area contributed by atoms with Crippen LogP contribution in [0.3, 0.4) is 0 Å². The molecule has 1 atom stereocenters. The molecule has 3 heterocycles. The highest BCUT2D eigenvalue weighted by Gasteiger charge is 2.38. The van der Waals surface area contributed by atoms with Gasteiger partial charge >= 0.3 is 0 Å². The molecule has 0 saturated carbocycles. The molecule has 1 N–H and O–H groups in total. The van der Waals surface area contributed by atoms with E-state index in [1.165, 1.54) is 15.5 Å². The minimum Gasteiger partial charge on any atom is -0.467 e. The third-order valence-electron chi connectivity index (χ3n) is 5.88. The van der Waals surface area contributed by atoms with Gasteiger partial charge in [-0.05, 0) is 48.7 Å². The van der Waals surface area contributed by atoms with Crippen molar-refractivity contribution in [2.24, 2.45) is 0 Å². The Hall–Kier alpha value is -2.65. The Morgan fingerprint density at radius 2 is 1.94 bits per heavy atom. The van der Waals surface area contributed by atoms with Crippen LogP contribution in [0.5, 0.6) is 0 Å². The number of amides is 2. The Balaban J connectivity index is 1.59. The minimum atomic E-state index is -3.59. The first-order valence-electron chi connectivity index (χ1n) is 10.7. The van der Waals surface area contributed by atoms with Crippen LogP contribution in [0.4, 0.5) is 5.69 Å². The summed E-state index contributed by atoms with van der Waals surface area (Å²) >= 11 is 0. The van der Waals surface area contributed by atoms with Crippen LogP contribution in [0.2, 0.25) is 0 Å². The summed E-state index contributed by atoms with van der Waals surface area (Å²) in [5.41, 5.74) is 1.29. The molecule has 2 aromatic rings. The monoisotopic (exact) mass is 445 g/mol. The van der Waals surface area contributed by atoms with Crippen molar-refractivity contribution in [3.05, 3.63) is 47.9 Å². The molecule has 9 heteroatoms. The van der Waals surface area contributed by atoms with Gasteiger partial charge in [-0.1, -0.05) is 13.3 Å². The lowest BCUT2D eigenvalue weighted by molar-refractivity contribution is -0.126. The van der Waals surface area contributed by atoms with Gasteiger partial charge in [0, 0.05) is 31.6 Å². The molecule has 31 heavy (non-hydrogen) atoms. The number of fused-ring (bicyclic) bond motifs is 1. The standard InChI is InChI=1S/C22H27N3O5S/c1-2-21(26)25-19-9-8-18(31(28,29)24-10-4-3-5-11-24)13-16(19)14-20(25)22(27)23-15-17-7-6-12-30-17/h6-9,12-13,20H,2-5,10-11,14-15H2,1H3,(H,23,27). The van der Waals surface area contributed by atoms with E-state index in [4.69, 9.17) is 4.42 Å². The first-order valence-corrected chi connectivity index (χ1v) is 12.1. The van der Waals surface area contributed by atoms with Gasteiger partial charge in [-0.3, -0.25) is 14.5 Å². The van der Waals surface area contributed by atoms with Crippen LogP contribution < -0.4 is 10.2 Å². The molecule has 8 nitrogen and oxygen atoms in total. The number of rotatable bonds is 6. The number of carbonyl (C=O) groups is 2. The van der Waals surface area contributed by atoms with Crippen LogP contribution in [-0.2, 0) is 32.6 Å². The van der Waals surface area contributed by atoms with E-state index in [9.17, 15) is 18.0 Å². The van der Waals surface area contributed by atoms with E-state index in [-0.39, 0.29) is 36.1 Å². The molecule has 2 amide bonds. The summed E-state index contributed by atoms with van der Waals surface area (Å²) in [5, 5.41) is 2.81. The SMILES string of the molecule is CCC(=O)N1c2ccc(S(=O)(=O)N3CCCCC3)cc2CC1C(=O)NCc1ccco1. The Labute approximate surface area is 182 Å².